The highest BCUT2D eigenvalue weighted by molar-refractivity contribution is 6.05. The van der Waals surface area contributed by atoms with Gasteiger partial charge in [0.05, 0.1) is 0 Å². The second-order valence-corrected chi connectivity index (χ2v) is 7.84. The van der Waals surface area contributed by atoms with Gasteiger partial charge in [-0.2, -0.15) is 0 Å². The van der Waals surface area contributed by atoms with E-state index < -0.39 is 5.97 Å². The van der Waals surface area contributed by atoms with E-state index in [9.17, 15) is 14.4 Å². The summed E-state index contributed by atoms with van der Waals surface area (Å²) in [5, 5.41) is 5.81. The third-order valence-electron chi connectivity index (χ3n) is 5.40. The first-order chi connectivity index (χ1) is 14.4. The third kappa shape index (κ3) is 6.17. The van der Waals surface area contributed by atoms with Gasteiger partial charge in [0, 0.05) is 30.3 Å². The summed E-state index contributed by atoms with van der Waals surface area (Å²) < 4.78 is 4.98. The van der Waals surface area contributed by atoms with Crippen LogP contribution in [0.4, 0.5) is 11.4 Å². The van der Waals surface area contributed by atoms with Crippen LogP contribution >= 0.6 is 0 Å². The summed E-state index contributed by atoms with van der Waals surface area (Å²) in [4.78, 5) is 35.9. The Labute approximate surface area is 177 Å². The highest BCUT2D eigenvalue weighted by atomic mass is 16.5. The Morgan fingerprint density at radius 1 is 1.00 bits per heavy atom. The van der Waals surface area contributed by atoms with Crippen LogP contribution in [0.2, 0.25) is 0 Å². The summed E-state index contributed by atoms with van der Waals surface area (Å²) in [6.07, 6.45) is 6.48. The topological polar surface area (TPSA) is 84.5 Å². The minimum absolute atomic E-state index is 0.00379. The van der Waals surface area contributed by atoms with Crippen LogP contribution in [0, 0.1) is 12.8 Å². The van der Waals surface area contributed by atoms with Gasteiger partial charge in [-0.15, -0.1) is 0 Å². The minimum Gasteiger partial charge on any atom is -0.427 e. The first-order valence-electron chi connectivity index (χ1n) is 10.4. The van der Waals surface area contributed by atoms with Crippen LogP contribution < -0.4 is 15.4 Å². The Hall–Kier alpha value is -3.15. The second-order valence-electron chi connectivity index (χ2n) is 7.84. The lowest BCUT2D eigenvalue weighted by atomic mass is 10.0. The summed E-state index contributed by atoms with van der Waals surface area (Å²) in [7, 11) is 0. The van der Waals surface area contributed by atoms with Gasteiger partial charge in [-0.25, -0.2) is 0 Å². The molecular weight excluding hydrogens is 380 g/mol. The van der Waals surface area contributed by atoms with Gasteiger partial charge in [0.25, 0.3) is 5.91 Å². The molecule has 0 saturated heterocycles. The zero-order valence-electron chi connectivity index (χ0n) is 17.5. The van der Waals surface area contributed by atoms with E-state index in [1.165, 1.54) is 32.6 Å². The number of rotatable bonds is 7. The van der Waals surface area contributed by atoms with E-state index in [1.54, 1.807) is 30.3 Å². The summed E-state index contributed by atoms with van der Waals surface area (Å²) in [5.41, 5.74) is 2.63. The van der Waals surface area contributed by atoms with Gasteiger partial charge in [0.15, 0.2) is 0 Å². The molecule has 2 aromatic rings. The predicted octanol–water partition coefficient (Wildman–Crippen LogP) is 5.08. The molecule has 0 unspecified atom stereocenters. The molecule has 6 nitrogen and oxygen atoms in total. The number of amides is 2. The first-order valence-corrected chi connectivity index (χ1v) is 10.4. The Morgan fingerprint density at radius 3 is 2.37 bits per heavy atom. The smallest absolute Gasteiger partial charge is 0.308 e. The van der Waals surface area contributed by atoms with Crippen molar-refractivity contribution >= 4 is 29.2 Å². The monoisotopic (exact) mass is 408 g/mol. The molecule has 0 atom stereocenters. The molecule has 0 bridgehead atoms. The minimum atomic E-state index is -0.412. The van der Waals surface area contributed by atoms with Crippen LogP contribution in [0.5, 0.6) is 5.75 Å². The molecule has 2 amide bonds. The summed E-state index contributed by atoms with van der Waals surface area (Å²) in [6, 6.07) is 11.8. The van der Waals surface area contributed by atoms with Crippen molar-refractivity contribution in [3.63, 3.8) is 0 Å². The molecule has 0 aliphatic heterocycles. The molecule has 1 fully saturated rings. The van der Waals surface area contributed by atoms with Crippen molar-refractivity contribution in [2.24, 2.45) is 5.92 Å². The normalized spacial score (nSPS) is 13.7. The molecule has 2 N–H and O–H groups in total. The molecule has 0 radical (unpaired) electrons. The number of ether oxygens (including phenoxy) is 1. The van der Waals surface area contributed by atoms with Crippen molar-refractivity contribution in [3.05, 3.63) is 53.6 Å². The van der Waals surface area contributed by atoms with E-state index in [1.807, 2.05) is 19.1 Å². The largest absolute Gasteiger partial charge is 0.427 e. The SMILES string of the molecule is CC(=O)Oc1ccc(C(=O)Nc2cc(NC(=O)CCC3CCCC3)ccc2C)cc1. The molecule has 30 heavy (non-hydrogen) atoms. The van der Waals surface area contributed by atoms with E-state index >= 15 is 0 Å². The number of hydrogen-bond acceptors (Lipinski definition) is 4. The maximum atomic E-state index is 12.6. The van der Waals surface area contributed by atoms with E-state index in [4.69, 9.17) is 4.74 Å². The quantitative estimate of drug-likeness (QED) is 0.494. The number of nitrogens with one attached hydrogen (secondary N) is 2. The van der Waals surface area contributed by atoms with Gasteiger partial charge < -0.3 is 15.4 Å². The maximum absolute atomic E-state index is 12.6. The Morgan fingerprint density at radius 2 is 1.70 bits per heavy atom. The lowest BCUT2D eigenvalue weighted by Gasteiger charge is -2.13. The number of carbonyl (C=O) groups is 3. The molecule has 1 aliphatic rings. The fourth-order valence-corrected chi connectivity index (χ4v) is 3.73. The molecule has 6 heteroatoms. The van der Waals surface area contributed by atoms with Crippen LogP contribution in [0.25, 0.3) is 0 Å². The fourth-order valence-electron chi connectivity index (χ4n) is 3.73. The number of hydrogen-bond donors (Lipinski definition) is 2. The summed E-state index contributed by atoms with van der Waals surface area (Å²) in [5.74, 6) is 0.375. The second kappa shape index (κ2) is 10.1. The maximum Gasteiger partial charge on any atom is 0.308 e. The predicted molar refractivity (Wildman–Crippen MR) is 117 cm³/mol. The van der Waals surface area contributed by atoms with Crippen LogP contribution in [-0.2, 0) is 9.59 Å². The van der Waals surface area contributed by atoms with Crippen LogP contribution in [0.15, 0.2) is 42.5 Å². The molecule has 0 aromatic heterocycles. The van der Waals surface area contributed by atoms with Gasteiger partial charge in [-0.1, -0.05) is 31.7 Å². The Balaban J connectivity index is 1.59. The van der Waals surface area contributed by atoms with Gasteiger partial charge in [-0.05, 0) is 61.2 Å². The fraction of sp³-hybridized carbons (Fsp3) is 0.375. The third-order valence-corrected chi connectivity index (χ3v) is 5.40. The number of carbonyl (C=O) groups excluding carboxylic acids is 3. The van der Waals surface area contributed by atoms with Crippen molar-refractivity contribution in [1.82, 2.24) is 0 Å². The van der Waals surface area contributed by atoms with E-state index in [0.29, 0.717) is 35.0 Å². The zero-order valence-corrected chi connectivity index (χ0v) is 17.5. The van der Waals surface area contributed by atoms with Gasteiger partial charge >= 0.3 is 5.97 Å². The highest BCUT2D eigenvalue weighted by Gasteiger charge is 2.16. The molecule has 158 valence electrons. The lowest BCUT2D eigenvalue weighted by molar-refractivity contribution is -0.131. The molecule has 1 aliphatic carbocycles. The lowest BCUT2D eigenvalue weighted by Crippen LogP contribution is -2.15. The number of esters is 1. The molecule has 3 rings (SSSR count). The van der Waals surface area contributed by atoms with Crippen LogP contribution in [-0.4, -0.2) is 17.8 Å². The standard InChI is InChI=1S/C24H28N2O4/c1-16-7-11-20(25-23(28)14-8-18-5-3-4-6-18)15-22(16)26-24(29)19-9-12-21(13-10-19)30-17(2)27/h7,9-13,15,18H,3-6,8,14H2,1-2H3,(H,25,28)(H,26,29). The van der Waals surface area contributed by atoms with Crippen molar-refractivity contribution in [3.8, 4) is 5.75 Å². The van der Waals surface area contributed by atoms with E-state index in [-0.39, 0.29) is 11.8 Å². The van der Waals surface area contributed by atoms with Crippen molar-refractivity contribution < 1.29 is 19.1 Å². The number of anilines is 2. The average molecular weight is 408 g/mol. The van der Waals surface area contributed by atoms with Crippen LogP contribution in [0.3, 0.4) is 0 Å². The summed E-state index contributed by atoms with van der Waals surface area (Å²) in [6.45, 7) is 3.22. The molecular formula is C24H28N2O4. The van der Waals surface area contributed by atoms with E-state index in [0.717, 1.165) is 12.0 Å². The average Bonchev–Trinajstić information content (AvgIpc) is 3.23. The molecule has 1 saturated carbocycles. The molecule has 0 heterocycles. The first kappa shape index (κ1) is 21.6. The van der Waals surface area contributed by atoms with Crippen molar-refractivity contribution in [1.29, 1.82) is 0 Å². The number of aryl methyl sites for hydroxylation is 1. The molecule has 0 spiro atoms. The molecule has 2 aromatic carbocycles. The van der Waals surface area contributed by atoms with E-state index in [2.05, 4.69) is 10.6 Å². The zero-order chi connectivity index (χ0) is 21.5. The van der Waals surface area contributed by atoms with Crippen LogP contribution in [0.1, 0.15) is 61.4 Å². The van der Waals surface area contributed by atoms with Gasteiger partial charge in [0.1, 0.15) is 5.75 Å². The Kier molecular flexibility index (Phi) is 7.22. The van der Waals surface area contributed by atoms with Crippen molar-refractivity contribution in [2.45, 2.75) is 52.4 Å². The highest BCUT2D eigenvalue weighted by Crippen LogP contribution is 2.29. The Bertz CT molecular complexity index is 915. The number of benzene rings is 2. The van der Waals surface area contributed by atoms with Crippen molar-refractivity contribution in [2.75, 3.05) is 10.6 Å². The van der Waals surface area contributed by atoms with Gasteiger partial charge in [0.2, 0.25) is 5.91 Å². The van der Waals surface area contributed by atoms with Gasteiger partial charge in [-0.3, -0.25) is 14.4 Å². The summed E-state index contributed by atoms with van der Waals surface area (Å²) >= 11 is 0.